The monoisotopic (exact) mass is 486 g/mol. The topological polar surface area (TPSA) is 102 Å². The summed E-state index contributed by atoms with van der Waals surface area (Å²) >= 11 is -0.464. The lowest BCUT2D eigenvalue weighted by atomic mass is 10.1. The Balaban J connectivity index is 1.72. The molecule has 2 aromatic heterocycles. The molecule has 0 amide bonds. The minimum Gasteiger partial charge on any atom is -0.468 e. The van der Waals surface area contributed by atoms with Crippen LogP contribution in [0.1, 0.15) is 23.7 Å². The Morgan fingerprint density at radius 1 is 1.44 bits per heavy atom. The van der Waals surface area contributed by atoms with Gasteiger partial charge in [0.15, 0.2) is 10.8 Å². The molecule has 4 rings (SSSR count). The van der Waals surface area contributed by atoms with E-state index in [1.165, 1.54) is 42.1 Å². The van der Waals surface area contributed by atoms with Crippen molar-refractivity contribution < 1.29 is 26.7 Å². The van der Waals surface area contributed by atoms with Crippen LogP contribution in [-0.2, 0) is 25.0 Å². The number of esters is 1. The fraction of sp³-hybridized carbons (Fsp3) is 0.444. The highest BCUT2D eigenvalue weighted by atomic mass is 32.2. The van der Waals surface area contributed by atoms with Crippen molar-refractivity contribution in [3.8, 4) is 0 Å². The SMILES string of the molecule is COC(=O)CN(C1CC2=C(c3ccn(C(F)F)n3)CN=C(c3nccs3)N2C1)S(=O)OC. The lowest BCUT2D eigenvalue weighted by Crippen LogP contribution is -2.43. The maximum Gasteiger partial charge on any atom is 0.333 e. The van der Waals surface area contributed by atoms with E-state index in [0.29, 0.717) is 39.8 Å². The first-order valence-electron chi connectivity index (χ1n) is 9.50. The van der Waals surface area contributed by atoms with Crippen LogP contribution in [0.5, 0.6) is 0 Å². The van der Waals surface area contributed by atoms with Gasteiger partial charge in [0.05, 0.1) is 26.5 Å². The van der Waals surface area contributed by atoms with E-state index in [1.807, 2.05) is 10.3 Å². The number of amidine groups is 1. The van der Waals surface area contributed by atoms with E-state index in [1.54, 1.807) is 6.20 Å². The Bertz CT molecular complexity index is 1070. The average Bonchev–Trinajstić information content (AvgIpc) is 3.55. The molecule has 0 N–H and O–H groups in total. The molecule has 2 aliphatic heterocycles. The molecule has 1 saturated heterocycles. The zero-order valence-electron chi connectivity index (χ0n) is 17.2. The number of halogens is 2. The van der Waals surface area contributed by atoms with Crippen molar-refractivity contribution in [3.05, 3.63) is 40.2 Å². The van der Waals surface area contributed by atoms with Crippen molar-refractivity contribution in [2.75, 3.05) is 33.9 Å². The highest BCUT2D eigenvalue weighted by Gasteiger charge is 2.41. The third-order valence-corrected chi connectivity index (χ3v) is 7.00. The molecule has 2 aromatic rings. The van der Waals surface area contributed by atoms with E-state index < -0.39 is 23.8 Å². The van der Waals surface area contributed by atoms with E-state index >= 15 is 0 Å². The number of fused-ring (bicyclic) bond motifs is 1. The molecular formula is C18H20F2N6O4S2. The summed E-state index contributed by atoms with van der Waals surface area (Å²) in [5.41, 5.74) is 1.88. The van der Waals surface area contributed by atoms with Gasteiger partial charge in [-0.2, -0.15) is 18.2 Å². The first kappa shape index (κ1) is 22.6. The normalized spacial score (nSPS) is 19.5. The Hall–Kier alpha value is -2.55. The van der Waals surface area contributed by atoms with Crippen LogP contribution in [0.15, 0.2) is 34.5 Å². The molecule has 32 heavy (non-hydrogen) atoms. The van der Waals surface area contributed by atoms with Crippen LogP contribution in [0, 0.1) is 0 Å². The molecule has 2 aliphatic rings. The summed E-state index contributed by atoms with van der Waals surface area (Å²) in [6.45, 7) is -2.40. The zero-order chi connectivity index (χ0) is 22.8. The quantitative estimate of drug-likeness (QED) is 0.523. The number of nitrogens with zero attached hydrogens (tertiary/aromatic N) is 6. The maximum atomic E-state index is 13.1. The molecule has 172 valence electrons. The number of hydrogen-bond donors (Lipinski definition) is 0. The van der Waals surface area contributed by atoms with Crippen molar-refractivity contribution in [3.63, 3.8) is 0 Å². The predicted octanol–water partition coefficient (Wildman–Crippen LogP) is 1.68. The molecule has 14 heteroatoms. The van der Waals surface area contributed by atoms with Crippen molar-refractivity contribution in [2.24, 2.45) is 4.99 Å². The van der Waals surface area contributed by atoms with E-state index in [4.69, 9.17) is 8.92 Å². The Labute approximate surface area is 188 Å². The van der Waals surface area contributed by atoms with Crippen LogP contribution in [0.25, 0.3) is 5.57 Å². The molecule has 4 heterocycles. The molecule has 0 bridgehead atoms. The smallest absolute Gasteiger partial charge is 0.333 e. The fourth-order valence-electron chi connectivity index (χ4n) is 3.69. The van der Waals surface area contributed by atoms with Crippen molar-refractivity contribution in [1.82, 2.24) is 24.0 Å². The molecular weight excluding hydrogens is 466 g/mol. The number of hydrogen-bond acceptors (Lipinski definition) is 9. The molecule has 10 nitrogen and oxygen atoms in total. The molecule has 0 radical (unpaired) electrons. The second-order valence-corrected chi connectivity index (χ2v) is 9.00. The van der Waals surface area contributed by atoms with E-state index in [-0.39, 0.29) is 19.1 Å². The zero-order valence-corrected chi connectivity index (χ0v) is 18.8. The van der Waals surface area contributed by atoms with Gasteiger partial charge in [-0.25, -0.2) is 13.9 Å². The summed E-state index contributed by atoms with van der Waals surface area (Å²) < 4.78 is 50.4. The van der Waals surface area contributed by atoms with Crippen LogP contribution in [0.2, 0.25) is 0 Å². The minimum absolute atomic E-state index is 0.234. The molecule has 0 spiro atoms. The summed E-state index contributed by atoms with van der Waals surface area (Å²) in [6, 6.07) is 1.13. The lowest BCUT2D eigenvalue weighted by Gasteiger charge is -2.27. The molecule has 0 aromatic carbocycles. The Morgan fingerprint density at radius 2 is 2.25 bits per heavy atom. The van der Waals surface area contributed by atoms with Crippen molar-refractivity contribution >= 4 is 40.0 Å². The van der Waals surface area contributed by atoms with Gasteiger partial charge in [0, 0.05) is 48.1 Å². The van der Waals surface area contributed by atoms with Gasteiger partial charge in [0.1, 0.15) is 6.54 Å². The molecule has 2 unspecified atom stereocenters. The summed E-state index contributed by atoms with van der Waals surface area (Å²) in [4.78, 5) is 22.8. The van der Waals surface area contributed by atoms with Gasteiger partial charge in [0.2, 0.25) is 11.3 Å². The van der Waals surface area contributed by atoms with Crippen molar-refractivity contribution in [2.45, 2.75) is 19.0 Å². The fourth-order valence-corrected chi connectivity index (χ4v) is 5.13. The van der Waals surface area contributed by atoms with Crippen LogP contribution >= 0.6 is 11.3 Å². The number of thiazole rings is 1. The number of aromatic nitrogens is 3. The second kappa shape index (κ2) is 9.52. The van der Waals surface area contributed by atoms with Crippen LogP contribution in [0.4, 0.5) is 8.78 Å². The van der Waals surface area contributed by atoms with Crippen LogP contribution in [0.3, 0.4) is 0 Å². The standard InChI is InChI=1S/C18H20F2N6O4S2/c1-29-15(27)10-26(32(28)30-2)11-7-14-12(13-3-5-25(23-13)18(19)20)8-22-16(24(14)9-11)17-21-4-6-31-17/h3-6,11,18H,7-10H2,1-2H3. The molecule has 2 atom stereocenters. The van der Waals surface area contributed by atoms with Crippen molar-refractivity contribution in [1.29, 1.82) is 0 Å². The average molecular weight is 487 g/mol. The first-order valence-corrected chi connectivity index (χ1v) is 11.4. The number of methoxy groups -OCH3 is 1. The predicted molar refractivity (Wildman–Crippen MR) is 113 cm³/mol. The largest absolute Gasteiger partial charge is 0.468 e. The summed E-state index contributed by atoms with van der Waals surface area (Å²) in [5, 5.41) is 6.52. The highest BCUT2D eigenvalue weighted by Crippen LogP contribution is 2.37. The summed E-state index contributed by atoms with van der Waals surface area (Å²) in [6.07, 6.45) is 3.27. The van der Waals surface area contributed by atoms with E-state index in [0.717, 1.165) is 5.70 Å². The Kier molecular flexibility index (Phi) is 6.74. The third kappa shape index (κ3) is 4.35. The van der Waals surface area contributed by atoms with Gasteiger partial charge in [-0.1, -0.05) is 0 Å². The summed E-state index contributed by atoms with van der Waals surface area (Å²) in [7, 11) is 2.54. The number of rotatable bonds is 8. The lowest BCUT2D eigenvalue weighted by molar-refractivity contribution is -0.141. The number of alkyl halides is 2. The number of aliphatic imine (C=N–C) groups is 1. The number of carbonyl (C=O) groups excluding carboxylic acids is 1. The van der Waals surface area contributed by atoms with Gasteiger partial charge >= 0.3 is 12.5 Å². The Morgan fingerprint density at radius 3 is 2.88 bits per heavy atom. The van der Waals surface area contributed by atoms with Gasteiger partial charge in [-0.15, -0.1) is 11.3 Å². The van der Waals surface area contributed by atoms with E-state index in [2.05, 4.69) is 15.1 Å². The van der Waals surface area contributed by atoms with Gasteiger partial charge in [-0.3, -0.25) is 14.0 Å². The van der Waals surface area contributed by atoms with Crippen LogP contribution in [-0.4, -0.2) is 79.9 Å². The van der Waals surface area contributed by atoms with Crippen LogP contribution < -0.4 is 0 Å². The second-order valence-electron chi connectivity index (χ2n) is 6.86. The van der Waals surface area contributed by atoms with Gasteiger partial charge in [-0.05, 0) is 6.07 Å². The highest BCUT2D eigenvalue weighted by molar-refractivity contribution is 7.77. The number of carbonyl (C=O) groups is 1. The van der Waals surface area contributed by atoms with E-state index in [9.17, 15) is 17.8 Å². The third-order valence-electron chi connectivity index (χ3n) is 5.13. The molecule has 0 saturated carbocycles. The molecule has 0 aliphatic carbocycles. The molecule has 1 fully saturated rings. The maximum absolute atomic E-state index is 13.1. The minimum atomic E-state index is -2.75. The summed E-state index contributed by atoms with van der Waals surface area (Å²) in [5.74, 6) is 0.0784. The van der Waals surface area contributed by atoms with Gasteiger partial charge < -0.3 is 9.64 Å². The first-order chi connectivity index (χ1) is 15.4. The number of ether oxygens (including phenoxy) is 1. The van der Waals surface area contributed by atoms with Gasteiger partial charge in [0.25, 0.3) is 0 Å².